The highest BCUT2D eigenvalue weighted by Gasteiger charge is 2.23. The lowest BCUT2D eigenvalue weighted by atomic mass is 10.2. The van der Waals surface area contributed by atoms with Crippen molar-refractivity contribution >= 4 is 23.2 Å². The summed E-state index contributed by atoms with van der Waals surface area (Å²) in [5.41, 5.74) is 2.21. The number of fused-ring (bicyclic) bond motifs is 1. The van der Waals surface area contributed by atoms with E-state index in [2.05, 4.69) is 5.32 Å². The van der Waals surface area contributed by atoms with Crippen LogP contribution in [0.25, 0.3) is 0 Å². The maximum Gasteiger partial charge on any atom is 0.316 e. The SMILES string of the molecule is CCN(C(=O)C(=O)Nc1ccc2c(c1)OCCO2)c1cccc(C)c1. The molecule has 1 heterocycles. The van der Waals surface area contributed by atoms with Crippen molar-refractivity contribution < 1.29 is 19.1 Å². The molecule has 0 bridgehead atoms. The van der Waals surface area contributed by atoms with Crippen LogP contribution in [0.3, 0.4) is 0 Å². The van der Waals surface area contributed by atoms with Gasteiger partial charge >= 0.3 is 11.8 Å². The van der Waals surface area contributed by atoms with E-state index in [1.807, 2.05) is 38.1 Å². The number of hydrogen-bond donors (Lipinski definition) is 1. The lowest BCUT2D eigenvalue weighted by molar-refractivity contribution is -0.134. The van der Waals surface area contributed by atoms with Crippen molar-refractivity contribution in [3.63, 3.8) is 0 Å². The predicted molar refractivity (Wildman–Crippen MR) is 95.3 cm³/mol. The standard InChI is InChI=1S/C19H20N2O4/c1-3-21(15-6-4-5-13(2)11-15)19(23)18(22)20-14-7-8-16-17(12-14)25-10-9-24-16/h4-8,11-12H,3,9-10H2,1-2H3,(H,20,22). The van der Waals surface area contributed by atoms with Gasteiger partial charge in [0.25, 0.3) is 0 Å². The molecule has 1 aliphatic rings. The Morgan fingerprint density at radius 2 is 1.84 bits per heavy atom. The molecular formula is C19H20N2O4. The first-order valence-electron chi connectivity index (χ1n) is 8.17. The van der Waals surface area contributed by atoms with E-state index in [0.29, 0.717) is 42.6 Å². The molecule has 1 N–H and O–H groups in total. The monoisotopic (exact) mass is 340 g/mol. The van der Waals surface area contributed by atoms with Crippen molar-refractivity contribution in [3.05, 3.63) is 48.0 Å². The molecule has 0 radical (unpaired) electrons. The zero-order chi connectivity index (χ0) is 17.8. The van der Waals surface area contributed by atoms with Crippen molar-refractivity contribution in [1.82, 2.24) is 0 Å². The maximum atomic E-state index is 12.5. The molecule has 0 spiro atoms. The fourth-order valence-corrected chi connectivity index (χ4v) is 2.67. The van der Waals surface area contributed by atoms with Crippen LogP contribution in [0, 0.1) is 6.92 Å². The van der Waals surface area contributed by atoms with Gasteiger partial charge in [0, 0.05) is 24.0 Å². The third-order valence-corrected chi connectivity index (χ3v) is 3.87. The number of amides is 2. The topological polar surface area (TPSA) is 67.9 Å². The molecule has 0 saturated carbocycles. The highest BCUT2D eigenvalue weighted by molar-refractivity contribution is 6.44. The van der Waals surface area contributed by atoms with Crippen LogP contribution in [0.4, 0.5) is 11.4 Å². The molecule has 2 aromatic rings. The molecule has 0 unspecified atom stereocenters. The molecule has 130 valence electrons. The number of nitrogens with one attached hydrogen (secondary N) is 1. The average Bonchev–Trinajstić information content (AvgIpc) is 2.62. The van der Waals surface area contributed by atoms with Gasteiger partial charge in [-0.3, -0.25) is 9.59 Å². The summed E-state index contributed by atoms with van der Waals surface area (Å²) in [4.78, 5) is 26.3. The van der Waals surface area contributed by atoms with Crippen LogP contribution in [-0.4, -0.2) is 31.6 Å². The van der Waals surface area contributed by atoms with Gasteiger partial charge in [0.1, 0.15) is 13.2 Å². The van der Waals surface area contributed by atoms with Crippen LogP contribution in [0.2, 0.25) is 0 Å². The molecule has 3 rings (SSSR count). The number of rotatable bonds is 3. The minimum Gasteiger partial charge on any atom is -0.486 e. The second kappa shape index (κ2) is 7.25. The molecule has 1 aliphatic heterocycles. The van der Waals surface area contributed by atoms with E-state index in [4.69, 9.17) is 9.47 Å². The molecule has 2 amide bonds. The highest BCUT2D eigenvalue weighted by atomic mass is 16.6. The van der Waals surface area contributed by atoms with E-state index in [1.165, 1.54) is 4.90 Å². The van der Waals surface area contributed by atoms with Crippen LogP contribution in [0.5, 0.6) is 11.5 Å². The smallest absolute Gasteiger partial charge is 0.316 e. The Bertz CT molecular complexity index is 804. The third-order valence-electron chi connectivity index (χ3n) is 3.87. The first-order valence-corrected chi connectivity index (χ1v) is 8.17. The van der Waals surface area contributed by atoms with E-state index in [9.17, 15) is 9.59 Å². The van der Waals surface area contributed by atoms with Gasteiger partial charge in [0.15, 0.2) is 11.5 Å². The van der Waals surface area contributed by atoms with Crippen molar-refractivity contribution in [2.45, 2.75) is 13.8 Å². The van der Waals surface area contributed by atoms with Crippen LogP contribution >= 0.6 is 0 Å². The Hall–Kier alpha value is -3.02. The lowest BCUT2D eigenvalue weighted by Gasteiger charge is -2.21. The molecule has 6 heteroatoms. The third kappa shape index (κ3) is 3.74. The van der Waals surface area contributed by atoms with E-state index >= 15 is 0 Å². The zero-order valence-corrected chi connectivity index (χ0v) is 14.2. The molecule has 0 saturated heterocycles. The van der Waals surface area contributed by atoms with Crippen molar-refractivity contribution in [3.8, 4) is 11.5 Å². The summed E-state index contributed by atoms with van der Waals surface area (Å²) in [6.07, 6.45) is 0. The molecule has 2 aromatic carbocycles. The summed E-state index contributed by atoms with van der Waals surface area (Å²) in [6.45, 7) is 5.13. The largest absolute Gasteiger partial charge is 0.486 e. The number of benzene rings is 2. The molecule has 0 atom stereocenters. The van der Waals surface area contributed by atoms with Crippen molar-refractivity contribution in [2.75, 3.05) is 30.0 Å². The van der Waals surface area contributed by atoms with Crippen molar-refractivity contribution in [1.29, 1.82) is 0 Å². The summed E-state index contributed by atoms with van der Waals surface area (Å²) in [7, 11) is 0. The maximum absolute atomic E-state index is 12.5. The van der Waals surface area contributed by atoms with Crippen LogP contribution in [0.15, 0.2) is 42.5 Å². The highest BCUT2D eigenvalue weighted by Crippen LogP contribution is 2.32. The van der Waals surface area contributed by atoms with Gasteiger partial charge in [-0.1, -0.05) is 12.1 Å². The summed E-state index contributed by atoms with van der Waals surface area (Å²) < 4.78 is 10.9. The van der Waals surface area contributed by atoms with E-state index in [1.54, 1.807) is 18.2 Å². The normalized spacial score (nSPS) is 12.4. The minimum absolute atomic E-state index is 0.400. The molecule has 0 fully saturated rings. The summed E-state index contributed by atoms with van der Waals surface area (Å²) in [5.74, 6) is -0.115. The first kappa shape index (κ1) is 16.8. The van der Waals surface area contributed by atoms with Gasteiger partial charge in [-0.25, -0.2) is 0 Å². The fourth-order valence-electron chi connectivity index (χ4n) is 2.67. The average molecular weight is 340 g/mol. The quantitative estimate of drug-likeness (QED) is 0.873. The van der Waals surface area contributed by atoms with Gasteiger partial charge < -0.3 is 19.7 Å². The van der Waals surface area contributed by atoms with Gasteiger partial charge in [-0.2, -0.15) is 0 Å². The molecule has 6 nitrogen and oxygen atoms in total. The van der Waals surface area contributed by atoms with Gasteiger partial charge in [-0.05, 0) is 43.7 Å². The van der Waals surface area contributed by atoms with E-state index in [-0.39, 0.29) is 0 Å². The Labute approximate surface area is 146 Å². The number of anilines is 2. The Morgan fingerprint density at radius 1 is 1.08 bits per heavy atom. The zero-order valence-electron chi connectivity index (χ0n) is 14.2. The predicted octanol–water partition coefficient (Wildman–Crippen LogP) is 2.76. The number of nitrogens with zero attached hydrogens (tertiary/aromatic N) is 1. The second-order valence-corrected chi connectivity index (χ2v) is 5.70. The number of carbonyl (C=O) groups is 2. The van der Waals surface area contributed by atoms with Gasteiger partial charge in [-0.15, -0.1) is 0 Å². The Morgan fingerprint density at radius 3 is 2.56 bits per heavy atom. The molecule has 0 aromatic heterocycles. The number of aryl methyl sites for hydroxylation is 1. The Balaban J connectivity index is 1.74. The number of likely N-dealkylation sites (N-methyl/N-ethyl adjacent to an activating group) is 1. The van der Waals surface area contributed by atoms with Crippen LogP contribution in [-0.2, 0) is 9.59 Å². The van der Waals surface area contributed by atoms with Gasteiger partial charge in [0.2, 0.25) is 0 Å². The van der Waals surface area contributed by atoms with Crippen molar-refractivity contribution in [2.24, 2.45) is 0 Å². The number of carbonyl (C=O) groups excluding carboxylic acids is 2. The molecule has 25 heavy (non-hydrogen) atoms. The van der Waals surface area contributed by atoms with E-state index < -0.39 is 11.8 Å². The summed E-state index contributed by atoms with van der Waals surface area (Å²) >= 11 is 0. The van der Waals surface area contributed by atoms with Gasteiger partial charge in [0.05, 0.1) is 0 Å². The molecular weight excluding hydrogens is 320 g/mol. The summed E-state index contributed by atoms with van der Waals surface area (Å²) in [5, 5.41) is 2.63. The molecule has 0 aliphatic carbocycles. The lowest BCUT2D eigenvalue weighted by Crippen LogP contribution is -2.39. The van der Waals surface area contributed by atoms with Crippen LogP contribution < -0.4 is 19.7 Å². The number of ether oxygens (including phenoxy) is 2. The first-order chi connectivity index (χ1) is 12.1. The Kier molecular flexibility index (Phi) is 4.88. The van der Waals surface area contributed by atoms with E-state index in [0.717, 1.165) is 5.56 Å². The van der Waals surface area contributed by atoms with Crippen LogP contribution in [0.1, 0.15) is 12.5 Å². The fraction of sp³-hybridized carbons (Fsp3) is 0.263. The second-order valence-electron chi connectivity index (χ2n) is 5.70. The number of hydrogen-bond acceptors (Lipinski definition) is 4. The summed E-state index contributed by atoms with van der Waals surface area (Å²) in [6, 6.07) is 12.5. The minimum atomic E-state index is -0.694.